The molecule has 1 atom stereocenters. The van der Waals surface area contributed by atoms with E-state index in [9.17, 15) is 0 Å². The fourth-order valence-corrected chi connectivity index (χ4v) is 3.57. The van der Waals surface area contributed by atoms with E-state index in [2.05, 4.69) is 9.80 Å². The molecule has 1 aromatic carbocycles. The van der Waals surface area contributed by atoms with E-state index in [0.29, 0.717) is 0 Å². The van der Waals surface area contributed by atoms with Crippen LogP contribution in [0.3, 0.4) is 0 Å². The Kier molecular flexibility index (Phi) is 5.57. The van der Waals surface area contributed by atoms with Gasteiger partial charge >= 0.3 is 0 Å². The Morgan fingerprint density at radius 1 is 1.05 bits per heavy atom. The van der Waals surface area contributed by atoms with Gasteiger partial charge in [-0.25, -0.2) is 0 Å². The summed E-state index contributed by atoms with van der Waals surface area (Å²) in [6.07, 6.45) is 5.29. The topological polar surface area (TPSA) is 24.9 Å². The third-order valence-corrected chi connectivity index (χ3v) is 4.87. The number of benzene rings is 1. The average Bonchev–Trinajstić information content (AvgIpc) is 2.59. The van der Waals surface area contributed by atoms with Gasteiger partial charge in [0.25, 0.3) is 0 Å². The average molecular weight is 304 g/mol. The molecule has 0 spiro atoms. The summed E-state index contributed by atoms with van der Waals surface area (Å²) in [5.74, 6) is 1.80. The zero-order valence-corrected chi connectivity index (χ0v) is 13.7. The first kappa shape index (κ1) is 15.6. The van der Waals surface area contributed by atoms with E-state index in [1.807, 2.05) is 24.3 Å². The SMILES string of the molecule is COc1ccc(OCCCN2CCN3CCCC[C@H]3C2)cc1. The number of fused-ring (bicyclic) bond motifs is 1. The molecule has 0 bridgehead atoms. The fourth-order valence-electron chi connectivity index (χ4n) is 3.57. The molecule has 0 amide bonds. The van der Waals surface area contributed by atoms with Crippen LogP contribution in [0.25, 0.3) is 0 Å². The van der Waals surface area contributed by atoms with E-state index in [1.54, 1.807) is 7.11 Å². The predicted octanol–water partition coefficient (Wildman–Crippen LogP) is 2.63. The van der Waals surface area contributed by atoms with Crippen LogP contribution in [-0.4, -0.2) is 62.3 Å². The van der Waals surface area contributed by atoms with Crippen LogP contribution in [0.1, 0.15) is 25.7 Å². The van der Waals surface area contributed by atoms with Crippen molar-refractivity contribution in [2.45, 2.75) is 31.7 Å². The quantitative estimate of drug-likeness (QED) is 0.754. The van der Waals surface area contributed by atoms with Gasteiger partial charge in [-0.15, -0.1) is 0 Å². The first-order valence-electron chi connectivity index (χ1n) is 8.58. The largest absolute Gasteiger partial charge is 0.497 e. The van der Waals surface area contributed by atoms with Gasteiger partial charge in [0.05, 0.1) is 13.7 Å². The van der Waals surface area contributed by atoms with Crippen molar-refractivity contribution in [3.8, 4) is 11.5 Å². The van der Waals surface area contributed by atoms with Gasteiger partial charge in [0.2, 0.25) is 0 Å². The van der Waals surface area contributed by atoms with Gasteiger partial charge in [-0.1, -0.05) is 6.42 Å². The third kappa shape index (κ3) is 4.14. The monoisotopic (exact) mass is 304 g/mol. The Labute approximate surface area is 134 Å². The number of rotatable bonds is 6. The number of nitrogens with zero attached hydrogens (tertiary/aromatic N) is 2. The molecule has 0 radical (unpaired) electrons. The molecule has 0 N–H and O–H groups in total. The van der Waals surface area contributed by atoms with E-state index in [0.717, 1.165) is 37.1 Å². The van der Waals surface area contributed by atoms with Crippen LogP contribution < -0.4 is 9.47 Å². The molecule has 3 rings (SSSR count). The maximum absolute atomic E-state index is 5.81. The number of hydrogen-bond acceptors (Lipinski definition) is 4. The summed E-state index contributed by atoms with van der Waals surface area (Å²) in [6.45, 7) is 6.99. The molecule has 22 heavy (non-hydrogen) atoms. The molecule has 2 saturated heterocycles. The molecule has 2 fully saturated rings. The van der Waals surface area contributed by atoms with Gasteiger partial charge in [0.15, 0.2) is 0 Å². The van der Waals surface area contributed by atoms with Crippen LogP contribution in [0, 0.1) is 0 Å². The second kappa shape index (κ2) is 7.84. The number of ether oxygens (including phenoxy) is 2. The molecule has 2 heterocycles. The van der Waals surface area contributed by atoms with E-state index in [-0.39, 0.29) is 0 Å². The molecule has 2 aliphatic heterocycles. The minimum atomic E-state index is 0.789. The van der Waals surface area contributed by atoms with Crippen molar-refractivity contribution in [2.75, 3.05) is 46.4 Å². The van der Waals surface area contributed by atoms with Crippen molar-refractivity contribution in [2.24, 2.45) is 0 Å². The van der Waals surface area contributed by atoms with Gasteiger partial charge in [0.1, 0.15) is 11.5 Å². The second-order valence-electron chi connectivity index (χ2n) is 6.36. The first-order chi connectivity index (χ1) is 10.8. The third-order valence-electron chi connectivity index (χ3n) is 4.87. The van der Waals surface area contributed by atoms with Gasteiger partial charge < -0.3 is 14.4 Å². The van der Waals surface area contributed by atoms with Crippen LogP contribution in [0.5, 0.6) is 11.5 Å². The zero-order valence-electron chi connectivity index (χ0n) is 13.7. The van der Waals surface area contributed by atoms with Crippen molar-refractivity contribution >= 4 is 0 Å². The summed E-state index contributed by atoms with van der Waals surface area (Å²) in [4.78, 5) is 5.30. The normalized spacial score (nSPS) is 23.0. The Morgan fingerprint density at radius 2 is 1.86 bits per heavy atom. The van der Waals surface area contributed by atoms with Crippen molar-refractivity contribution in [3.63, 3.8) is 0 Å². The molecular weight excluding hydrogens is 276 g/mol. The highest BCUT2D eigenvalue weighted by molar-refractivity contribution is 5.31. The van der Waals surface area contributed by atoms with E-state index < -0.39 is 0 Å². The highest BCUT2D eigenvalue weighted by Crippen LogP contribution is 2.21. The van der Waals surface area contributed by atoms with Gasteiger partial charge in [-0.2, -0.15) is 0 Å². The maximum Gasteiger partial charge on any atom is 0.119 e. The molecular formula is C18H28N2O2. The highest BCUT2D eigenvalue weighted by Gasteiger charge is 2.28. The highest BCUT2D eigenvalue weighted by atomic mass is 16.5. The molecule has 0 saturated carbocycles. The Bertz CT molecular complexity index is 449. The van der Waals surface area contributed by atoms with Crippen molar-refractivity contribution in [1.82, 2.24) is 9.80 Å². The van der Waals surface area contributed by atoms with Crippen LogP contribution in [-0.2, 0) is 0 Å². The molecule has 0 aromatic heterocycles. The van der Waals surface area contributed by atoms with Crippen LogP contribution in [0.15, 0.2) is 24.3 Å². The predicted molar refractivity (Wildman–Crippen MR) is 88.8 cm³/mol. The Hall–Kier alpha value is -1.26. The number of piperazine rings is 1. The molecule has 2 aliphatic rings. The van der Waals surface area contributed by atoms with E-state index in [4.69, 9.17) is 9.47 Å². The zero-order chi connectivity index (χ0) is 15.2. The van der Waals surface area contributed by atoms with E-state index in [1.165, 1.54) is 45.4 Å². The van der Waals surface area contributed by atoms with Crippen molar-refractivity contribution in [1.29, 1.82) is 0 Å². The summed E-state index contributed by atoms with van der Waals surface area (Å²) in [5.41, 5.74) is 0. The summed E-state index contributed by atoms with van der Waals surface area (Å²) >= 11 is 0. The van der Waals surface area contributed by atoms with Crippen LogP contribution in [0.4, 0.5) is 0 Å². The molecule has 1 aromatic rings. The summed E-state index contributed by atoms with van der Waals surface area (Å²) in [5, 5.41) is 0. The molecule has 0 unspecified atom stereocenters. The summed E-state index contributed by atoms with van der Waals surface area (Å²) in [6, 6.07) is 8.64. The summed E-state index contributed by atoms with van der Waals surface area (Å²) < 4.78 is 11.0. The molecule has 0 aliphatic carbocycles. The summed E-state index contributed by atoms with van der Waals surface area (Å²) in [7, 11) is 1.68. The fraction of sp³-hybridized carbons (Fsp3) is 0.667. The number of hydrogen-bond donors (Lipinski definition) is 0. The number of methoxy groups -OCH3 is 1. The smallest absolute Gasteiger partial charge is 0.119 e. The lowest BCUT2D eigenvalue weighted by atomic mass is 9.99. The van der Waals surface area contributed by atoms with Crippen molar-refractivity contribution < 1.29 is 9.47 Å². The van der Waals surface area contributed by atoms with Gasteiger partial charge in [-0.05, 0) is 50.1 Å². The van der Waals surface area contributed by atoms with Gasteiger partial charge in [-0.3, -0.25) is 4.90 Å². The lowest BCUT2D eigenvalue weighted by molar-refractivity contribution is 0.0471. The maximum atomic E-state index is 5.81. The Balaban J connectivity index is 1.34. The Morgan fingerprint density at radius 3 is 2.68 bits per heavy atom. The molecule has 122 valence electrons. The number of piperidine rings is 1. The van der Waals surface area contributed by atoms with E-state index >= 15 is 0 Å². The van der Waals surface area contributed by atoms with Crippen LogP contribution >= 0.6 is 0 Å². The molecule has 4 nitrogen and oxygen atoms in total. The minimum absolute atomic E-state index is 0.789. The first-order valence-corrected chi connectivity index (χ1v) is 8.58. The minimum Gasteiger partial charge on any atom is -0.497 e. The lowest BCUT2D eigenvalue weighted by Gasteiger charge is -2.44. The van der Waals surface area contributed by atoms with Crippen LogP contribution in [0.2, 0.25) is 0 Å². The lowest BCUT2D eigenvalue weighted by Crippen LogP contribution is -2.54. The standard InChI is InChI=1S/C18H28N2O2/c1-21-17-6-8-18(9-7-17)22-14-4-10-19-12-13-20-11-3-2-5-16(20)15-19/h6-9,16H,2-5,10-15H2,1H3/t16-/m0/s1. The molecule has 4 heteroatoms. The van der Waals surface area contributed by atoms with Crippen molar-refractivity contribution in [3.05, 3.63) is 24.3 Å². The van der Waals surface area contributed by atoms with Gasteiger partial charge in [0, 0.05) is 32.2 Å². The second-order valence-corrected chi connectivity index (χ2v) is 6.36.